The summed E-state index contributed by atoms with van der Waals surface area (Å²) in [4.78, 5) is 20.2. The summed E-state index contributed by atoms with van der Waals surface area (Å²) in [7, 11) is 4.49. The molecular formula is C29H35ClN2O6. The van der Waals surface area contributed by atoms with Gasteiger partial charge in [-0.05, 0) is 50.1 Å². The van der Waals surface area contributed by atoms with Crippen LogP contribution in [-0.4, -0.2) is 43.9 Å². The number of pyridine rings is 1. The average Bonchev–Trinajstić information content (AvgIpc) is 2.88. The van der Waals surface area contributed by atoms with Gasteiger partial charge in [0, 0.05) is 25.1 Å². The first-order valence-corrected chi connectivity index (χ1v) is 12.3. The number of halogens is 1. The summed E-state index contributed by atoms with van der Waals surface area (Å²) in [5.41, 5.74) is 2.03. The van der Waals surface area contributed by atoms with Crippen LogP contribution in [0.5, 0.6) is 17.2 Å². The number of nitrogens with zero attached hydrogens (tertiary/aromatic N) is 1. The molecule has 0 bridgehead atoms. The number of methoxy groups -OCH3 is 2. The van der Waals surface area contributed by atoms with Gasteiger partial charge in [0.2, 0.25) is 5.90 Å². The Hall–Kier alpha value is -3.75. The molecular weight excluding hydrogens is 508 g/mol. The van der Waals surface area contributed by atoms with E-state index in [-0.39, 0.29) is 29.4 Å². The molecule has 0 aliphatic rings. The zero-order chi connectivity index (χ0) is 28.4. The largest absolute Gasteiger partial charge is 0.506 e. The number of aromatic nitrogens is 1. The highest BCUT2D eigenvalue weighted by Gasteiger charge is 2.28. The van der Waals surface area contributed by atoms with Gasteiger partial charge in [0.15, 0.2) is 0 Å². The Morgan fingerprint density at radius 1 is 1.16 bits per heavy atom. The van der Waals surface area contributed by atoms with E-state index in [4.69, 9.17) is 30.5 Å². The van der Waals surface area contributed by atoms with Crippen LogP contribution in [0.4, 0.5) is 0 Å². The van der Waals surface area contributed by atoms with Crippen molar-refractivity contribution in [1.82, 2.24) is 4.98 Å². The van der Waals surface area contributed by atoms with E-state index in [2.05, 4.69) is 23.1 Å². The molecule has 0 saturated carbocycles. The molecule has 0 aliphatic heterocycles. The monoisotopic (exact) mass is 542 g/mol. The van der Waals surface area contributed by atoms with Crippen molar-refractivity contribution in [1.29, 1.82) is 0 Å². The minimum atomic E-state index is -0.607. The molecule has 0 unspecified atom stereocenters. The maximum Gasteiger partial charge on any atom is 0.264 e. The molecule has 1 heterocycles. The molecule has 2 N–H and O–H groups in total. The summed E-state index contributed by atoms with van der Waals surface area (Å²) in [6.07, 6.45) is 5.62. The maximum absolute atomic E-state index is 13.2. The Labute approximate surface area is 228 Å². The number of aromatic hydroxyl groups is 1. The maximum atomic E-state index is 13.2. The van der Waals surface area contributed by atoms with Gasteiger partial charge in [-0.2, -0.15) is 0 Å². The Morgan fingerprint density at radius 2 is 1.79 bits per heavy atom. The number of hydrogen-bond acceptors (Lipinski definition) is 7. The SMILES string of the molecule is C=C(Cl)/C=C\C(=C/C)CC(=C)OC(=NC)c1c(O)c(-c2c(OC)cc(C)cc2OC)c(COCC)[nH]c1=O. The zero-order valence-electron chi connectivity index (χ0n) is 22.7. The minimum absolute atomic E-state index is 0.0319. The van der Waals surface area contributed by atoms with Crippen LogP contribution < -0.4 is 15.0 Å². The highest BCUT2D eigenvalue weighted by molar-refractivity contribution is 6.30. The van der Waals surface area contributed by atoms with E-state index in [1.807, 2.05) is 26.8 Å². The van der Waals surface area contributed by atoms with Crippen molar-refractivity contribution in [2.75, 3.05) is 27.9 Å². The van der Waals surface area contributed by atoms with E-state index in [1.165, 1.54) is 21.3 Å². The Kier molecular flexibility index (Phi) is 11.4. The number of rotatable bonds is 12. The second-order valence-electron chi connectivity index (χ2n) is 8.20. The highest BCUT2D eigenvalue weighted by Crippen LogP contribution is 2.45. The highest BCUT2D eigenvalue weighted by atomic mass is 35.5. The van der Waals surface area contributed by atoms with Crippen LogP contribution in [0.1, 0.15) is 37.1 Å². The predicted octanol–water partition coefficient (Wildman–Crippen LogP) is 6.16. The van der Waals surface area contributed by atoms with Crippen LogP contribution in [-0.2, 0) is 16.1 Å². The third-order valence-corrected chi connectivity index (χ3v) is 5.65. The molecule has 0 saturated heterocycles. The van der Waals surface area contributed by atoms with Gasteiger partial charge < -0.3 is 29.0 Å². The van der Waals surface area contributed by atoms with E-state index in [1.54, 1.807) is 24.3 Å². The molecule has 0 aliphatic carbocycles. The van der Waals surface area contributed by atoms with Gasteiger partial charge >= 0.3 is 0 Å². The molecule has 2 rings (SSSR count). The van der Waals surface area contributed by atoms with Crippen LogP contribution in [0.3, 0.4) is 0 Å². The predicted molar refractivity (Wildman–Crippen MR) is 153 cm³/mol. The van der Waals surface area contributed by atoms with Crippen LogP contribution in [0.15, 0.2) is 69.7 Å². The van der Waals surface area contributed by atoms with Crippen molar-refractivity contribution >= 4 is 17.5 Å². The van der Waals surface area contributed by atoms with Crippen molar-refractivity contribution in [2.24, 2.45) is 4.99 Å². The number of H-pyrrole nitrogens is 1. The number of aliphatic imine (C=N–C) groups is 1. The summed E-state index contributed by atoms with van der Waals surface area (Å²) in [5, 5.41) is 12.0. The van der Waals surface area contributed by atoms with Gasteiger partial charge in [-0.25, -0.2) is 0 Å². The lowest BCUT2D eigenvalue weighted by Gasteiger charge is -2.20. The second-order valence-corrected chi connectivity index (χ2v) is 8.69. The lowest BCUT2D eigenvalue weighted by molar-refractivity contribution is 0.131. The second kappa shape index (κ2) is 14.3. The minimum Gasteiger partial charge on any atom is -0.506 e. The van der Waals surface area contributed by atoms with E-state index in [0.29, 0.717) is 46.6 Å². The van der Waals surface area contributed by atoms with Gasteiger partial charge in [-0.15, -0.1) is 0 Å². The molecule has 204 valence electrons. The quantitative estimate of drug-likeness (QED) is 0.144. The van der Waals surface area contributed by atoms with E-state index in [9.17, 15) is 9.90 Å². The fourth-order valence-electron chi connectivity index (χ4n) is 3.77. The fraction of sp³-hybridized carbons (Fsp3) is 0.310. The number of benzene rings is 1. The molecule has 0 spiro atoms. The number of aryl methyl sites for hydroxylation is 1. The van der Waals surface area contributed by atoms with Crippen LogP contribution >= 0.6 is 11.6 Å². The Balaban J connectivity index is 2.69. The number of allylic oxidation sites excluding steroid dienone is 5. The molecule has 1 aromatic carbocycles. The summed E-state index contributed by atoms with van der Waals surface area (Å²) in [5.74, 6) is 0.719. The van der Waals surface area contributed by atoms with Crippen molar-refractivity contribution in [3.63, 3.8) is 0 Å². The molecule has 9 heteroatoms. The summed E-state index contributed by atoms with van der Waals surface area (Å²) < 4.78 is 22.7. The lowest BCUT2D eigenvalue weighted by atomic mass is 9.97. The Morgan fingerprint density at radius 3 is 2.29 bits per heavy atom. The van der Waals surface area contributed by atoms with Crippen LogP contribution in [0, 0.1) is 6.92 Å². The standard InChI is InChI=1S/C29H35ClN2O6/c1-9-20(12-11-18(4)30)15-19(5)38-29(31-6)26-27(33)24(21(16-37-10-2)32-28(26)34)25-22(35-7)13-17(3)14-23(25)36-8/h9,11-14H,4-5,10,15-16H2,1-3,6-8H3,(H2,32,33,34)/b12-11-,20-9+,31-29?. The molecule has 0 radical (unpaired) electrons. The van der Waals surface area contributed by atoms with Crippen LogP contribution in [0.2, 0.25) is 0 Å². The lowest BCUT2D eigenvalue weighted by Crippen LogP contribution is -2.23. The third kappa shape index (κ3) is 7.40. The summed E-state index contributed by atoms with van der Waals surface area (Å²) in [6, 6.07) is 3.61. The first-order valence-electron chi connectivity index (χ1n) is 11.9. The Bertz CT molecular complexity index is 1310. The van der Waals surface area contributed by atoms with Crippen molar-refractivity contribution < 1.29 is 24.1 Å². The van der Waals surface area contributed by atoms with E-state index >= 15 is 0 Å². The van der Waals surface area contributed by atoms with Crippen molar-refractivity contribution in [3.05, 3.63) is 87.1 Å². The molecule has 1 aromatic heterocycles. The van der Waals surface area contributed by atoms with Crippen LogP contribution in [0.25, 0.3) is 11.1 Å². The summed E-state index contributed by atoms with van der Waals surface area (Å²) in [6.45, 7) is 13.6. The fourth-order valence-corrected chi connectivity index (χ4v) is 3.83. The average molecular weight is 543 g/mol. The van der Waals surface area contributed by atoms with E-state index in [0.717, 1.165) is 11.1 Å². The van der Waals surface area contributed by atoms with Gasteiger partial charge in [0.25, 0.3) is 5.56 Å². The van der Waals surface area contributed by atoms with Gasteiger partial charge in [-0.3, -0.25) is 9.79 Å². The molecule has 2 aromatic rings. The van der Waals surface area contributed by atoms with Crippen molar-refractivity contribution in [2.45, 2.75) is 33.8 Å². The first-order chi connectivity index (χ1) is 18.1. The number of nitrogens with one attached hydrogen (secondary N) is 1. The molecule has 0 fully saturated rings. The number of aromatic amines is 1. The number of hydrogen-bond donors (Lipinski definition) is 2. The smallest absolute Gasteiger partial charge is 0.264 e. The van der Waals surface area contributed by atoms with Gasteiger partial charge in [-0.1, -0.05) is 36.9 Å². The van der Waals surface area contributed by atoms with Gasteiger partial charge in [0.05, 0.1) is 37.6 Å². The zero-order valence-corrected chi connectivity index (χ0v) is 23.5. The summed E-state index contributed by atoms with van der Waals surface area (Å²) >= 11 is 5.82. The molecule has 38 heavy (non-hydrogen) atoms. The third-order valence-electron chi connectivity index (χ3n) is 5.53. The number of ether oxygens (including phenoxy) is 4. The van der Waals surface area contributed by atoms with Gasteiger partial charge in [0.1, 0.15) is 28.6 Å². The molecule has 0 amide bonds. The van der Waals surface area contributed by atoms with E-state index < -0.39 is 5.56 Å². The molecule has 0 atom stereocenters. The molecule has 8 nitrogen and oxygen atoms in total. The van der Waals surface area contributed by atoms with Crippen molar-refractivity contribution in [3.8, 4) is 28.4 Å². The topological polar surface area (TPSA) is 102 Å². The first kappa shape index (κ1) is 30.5. The normalized spacial score (nSPS) is 12.1.